The third kappa shape index (κ3) is 2.59. The number of azo groups is 1. The number of hydroxylamine groups is 2. The lowest BCUT2D eigenvalue weighted by molar-refractivity contribution is -0.998. The molecule has 0 radical (unpaired) electrons. The second-order valence-electron chi connectivity index (χ2n) is 12.2. The van der Waals surface area contributed by atoms with E-state index < -0.39 is 21.8 Å². The lowest BCUT2D eigenvalue weighted by atomic mass is 9.50. The summed E-state index contributed by atoms with van der Waals surface area (Å²) >= 11 is 14.6. The number of nitrogens with zero attached hydrogens (tertiary/aromatic N) is 2. The van der Waals surface area contributed by atoms with Crippen LogP contribution in [-0.4, -0.2) is 31.6 Å². The Morgan fingerprint density at radius 1 is 0.567 bits per heavy atom. The standard InChI is InChI=1S/C24H36Cl2N2O2/c1-13(23(25)19-5-15-3-16(7-19)8-20(23)6-15)27(29)28(30)14(2)24(26)21-9-17-4-18(11-21)12-22(24)10-17/h13-22H,3-12H2,1-2H3/b28-27+. The van der Waals surface area contributed by atoms with Crippen molar-refractivity contribution in [1.29, 1.82) is 0 Å². The van der Waals surface area contributed by atoms with Gasteiger partial charge >= 0.3 is 0 Å². The van der Waals surface area contributed by atoms with Crippen LogP contribution in [0.15, 0.2) is 0 Å². The van der Waals surface area contributed by atoms with Gasteiger partial charge in [-0.25, -0.2) is 0 Å². The highest BCUT2D eigenvalue weighted by Crippen LogP contribution is 2.63. The number of rotatable bonds is 4. The van der Waals surface area contributed by atoms with E-state index in [1.807, 2.05) is 13.8 Å². The van der Waals surface area contributed by atoms with Gasteiger partial charge in [-0.3, -0.25) is 0 Å². The van der Waals surface area contributed by atoms with Gasteiger partial charge in [-0.1, -0.05) is 0 Å². The molecule has 0 N–H and O–H groups in total. The van der Waals surface area contributed by atoms with Gasteiger partial charge in [0, 0.05) is 23.6 Å². The van der Waals surface area contributed by atoms with E-state index in [0.29, 0.717) is 33.4 Å². The average molecular weight is 455 g/mol. The Balaban J connectivity index is 1.29. The van der Waals surface area contributed by atoms with Gasteiger partial charge in [0.1, 0.15) is 9.75 Å². The first-order valence-electron chi connectivity index (χ1n) is 12.5. The molecule has 8 aliphatic rings. The first kappa shape index (κ1) is 20.4. The van der Waals surface area contributed by atoms with Gasteiger partial charge in [0.15, 0.2) is 0 Å². The highest BCUT2D eigenvalue weighted by molar-refractivity contribution is 6.25. The number of halogens is 2. The highest BCUT2D eigenvalue weighted by Gasteiger charge is 2.65. The van der Waals surface area contributed by atoms with Crippen LogP contribution < -0.4 is 0 Å². The first-order chi connectivity index (χ1) is 14.2. The monoisotopic (exact) mass is 454 g/mol. The zero-order valence-corrected chi connectivity index (χ0v) is 19.8. The molecule has 168 valence electrons. The van der Waals surface area contributed by atoms with E-state index in [-0.39, 0.29) is 0 Å². The third-order valence-corrected chi connectivity index (χ3v) is 12.8. The van der Waals surface area contributed by atoms with Crippen molar-refractivity contribution in [2.75, 3.05) is 0 Å². The molecule has 0 aromatic rings. The maximum absolute atomic E-state index is 13.5. The average Bonchev–Trinajstić information content (AvgIpc) is 2.72. The molecule has 0 spiro atoms. The zero-order valence-electron chi connectivity index (χ0n) is 18.3. The Kier molecular flexibility index (Phi) is 4.52. The van der Waals surface area contributed by atoms with E-state index in [1.54, 1.807) is 0 Å². The quantitative estimate of drug-likeness (QED) is 0.223. The van der Waals surface area contributed by atoms with Crippen LogP contribution in [0.3, 0.4) is 0 Å². The van der Waals surface area contributed by atoms with Gasteiger partial charge in [0.2, 0.25) is 12.1 Å². The molecule has 8 saturated carbocycles. The Morgan fingerprint density at radius 3 is 1.03 bits per heavy atom. The van der Waals surface area contributed by atoms with Gasteiger partial charge in [-0.2, -0.15) is 0 Å². The lowest BCUT2D eigenvalue weighted by Gasteiger charge is -2.59. The molecule has 0 amide bonds. The van der Waals surface area contributed by atoms with E-state index in [2.05, 4.69) is 0 Å². The molecular weight excluding hydrogens is 419 g/mol. The molecule has 30 heavy (non-hydrogen) atoms. The molecular formula is C24H36Cl2N2O2. The van der Waals surface area contributed by atoms with E-state index >= 15 is 0 Å². The van der Waals surface area contributed by atoms with Crippen LogP contribution in [0.2, 0.25) is 0 Å². The van der Waals surface area contributed by atoms with Crippen LogP contribution in [0.25, 0.3) is 0 Å². The molecule has 4 nitrogen and oxygen atoms in total. The van der Waals surface area contributed by atoms with Crippen molar-refractivity contribution in [2.24, 2.45) is 47.3 Å². The molecule has 8 aliphatic carbocycles. The SMILES string of the molecule is CC(/[N+]([O-])=[N+](\[O-])C(C)C1(Cl)C2CC3CC(C2)CC1C3)C1(Cl)C2CC3CC(C2)CC1C3. The van der Waals surface area contributed by atoms with Crippen molar-refractivity contribution < 1.29 is 9.72 Å². The summed E-state index contributed by atoms with van der Waals surface area (Å²) in [6, 6.07) is -1.02. The molecule has 2 unspecified atom stereocenters. The fraction of sp³-hybridized carbons (Fsp3) is 1.00. The van der Waals surface area contributed by atoms with Crippen LogP contribution in [0.5, 0.6) is 0 Å². The minimum atomic E-state index is -0.568. The van der Waals surface area contributed by atoms with Crippen molar-refractivity contribution in [3.63, 3.8) is 0 Å². The number of hydrogen-bond acceptors (Lipinski definition) is 2. The molecule has 8 fully saturated rings. The summed E-state index contributed by atoms with van der Waals surface area (Å²) < 4.78 is 0. The van der Waals surface area contributed by atoms with Crippen LogP contribution in [0.4, 0.5) is 0 Å². The minimum absolute atomic E-state index is 0.372. The molecule has 0 saturated heterocycles. The molecule has 8 rings (SSSR count). The van der Waals surface area contributed by atoms with Crippen molar-refractivity contribution in [3.8, 4) is 0 Å². The summed E-state index contributed by atoms with van der Waals surface area (Å²) in [4.78, 5) is 0.270. The largest absolute Gasteiger partial charge is 0.567 e. The second kappa shape index (κ2) is 6.65. The molecule has 0 heterocycles. The Hall–Kier alpha value is -0.220. The first-order valence-corrected chi connectivity index (χ1v) is 13.3. The van der Waals surface area contributed by atoms with E-state index in [1.165, 1.54) is 12.8 Å². The van der Waals surface area contributed by atoms with Gasteiger partial charge in [-0.15, -0.1) is 23.2 Å². The molecule has 2 atom stereocenters. The fourth-order valence-corrected chi connectivity index (χ4v) is 10.7. The molecule has 0 aromatic heterocycles. The van der Waals surface area contributed by atoms with Gasteiger partial charge in [0.05, 0.1) is 0 Å². The van der Waals surface area contributed by atoms with Crippen LogP contribution in [0.1, 0.15) is 78.1 Å². The normalized spacial score (nSPS) is 56.1. The van der Waals surface area contributed by atoms with Crippen molar-refractivity contribution in [3.05, 3.63) is 10.4 Å². The lowest BCUT2D eigenvalue weighted by Crippen LogP contribution is -2.64. The summed E-state index contributed by atoms with van der Waals surface area (Å²) in [7, 11) is 0. The summed E-state index contributed by atoms with van der Waals surface area (Å²) in [5.74, 6) is 4.63. The minimum Gasteiger partial charge on any atom is -0.567 e. The third-order valence-electron chi connectivity index (χ3n) is 10.9. The van der Waals surface area contributed by atoms with Gasteiger partial charge in [-0.05, 0) is 112 Å². The maximum Gasteiger partial charge on any atom is 0.246 e. The number of alkyl halides is 2. The molecule has 0 aromatic carbocycles. The van der Waals surface area contributed by atoms with Crippen LogP contribution in [-0.2, 0) is 0 Å². The van der Waals surface area contributed by atoms with Crippen molar-refractivity contribution in [2.45, 2.75) is 99.9 Å². The summed E-state index contributed by atoms with van der Waals surface area (Å²) in [5.41, 5.74) is 0. The van der Waals surface area contributed by atoms with E-state index in [0.717, 1.165) is 75.0 Å². The smallest absolute Gasteiger partial charge is 0.246 e. The Labute approximate surface area is 190 Å². The fourth-order valence-electron chi connectivity index (χ4n) is 9.86. The summed E-state index contributed by atoms with van der Waals surface area (Å²) in [6.07, 6.45) is 11.8. The molecule has 0 aliphatic heterocycles. The van der Waals surface area contributed by atoms with Crippen LogP contribution in [0, 0.1) is 57.8 Å². The molecule has 6 heteroatoms. The maximum atomic E-state index is 13.5. The predicted octanol–water partition coefficient (Wildman–Crippen LogP) is 6.10. The highest BCUT2D eigenvalue weighted by atomic mass is 35.5. The van der Waals surface area contributed by atoms with Crippen molar-refractivity contribution >= 4 is 23.2 Å². The second-order valence-corrected chi connectivity index (χ2v) is 13.5. The number of hydrogen-bond donors (Lipinski definition) is 0. The zero-order chi connectivity index (χ0) is 21.0. The Bertz CT molecular complexity index is 650. The van der Waals surface area contributed by atoms with Gasteiger partial charge < -0.3 is 10.4 Å². The Morgan fingerprint density at radius 2 is 0.800 bits per heavy atom. The topological polar surface area (TPSA) is 52.1 Å². The van der Waals surface area contributed by atoms with E-state index in [9.17, 15) is 10.4 Å². The van der Waals surface area contributed by atoms with E-state index in [4.69, 9.17) is 23.2 Å². The van der Waals surface area contributed by atoms with Gasteiger partial charge in [0.25, 0.3) is 0 Å². The van der Waals surface area contributed by atoms with Crippen LogP contribution >= 0.6 is 23.2 Å². The van der Waals surface area contributed by atoms with Crippen molar-refractivity contribution in [1.82, 2.24) is 0 Å². The summed E-state index contributed by atoms with van der Waals surface area (Å²) in [5, 5.41) is 27.0. The summed E-state index contributed by atoms with van der Waals surface area (Å²) in [6.45, 7) is 3.80. The predicted molar refractivity (Wildman–Crippen MR) is 117 cm³/mol. The molecule has 8 bridgehead atoms.